The van der Waals surface area contributed by atoms with E-state index in [2.05, 4.69) is 20.3 Å². The summed E-state index contributed by atoms with van der Waals surface area (Å²) in [6, 6.07) is -1.28. The number of methoxy groups -OCH3 is 1. The smallest absolute Gasteiger partial charge is 0.328 e. The van der Waals surface area contributed by atoms with Gasteiger partial charge in [-0.2, -0.15) is 0 Å². The normalized spacial score (nSPS) is 13.5. The monoisotopic (exact) mass is 335 g/mol. The Labute approximate surface area is 139 Å². The SMILES string of the molecule is COC(=O)C(Cc1cnc[nH]1)NC(=O)c1coc(C(N)C(C)C)n1. The first kappa shape index (κ1) is 17.7. The molecule has 2 unspecified atom stereocenters. The Kier molecular flexibility index (Phi) is 5.69. The summed E-state index contributed by atoms with van der Waals surface area (Å²) in [6.07, 6.45) is 4.49. The van der Waals surface area contributed by atoms with Crippen molar-refractivity contribution in [3.63, 3.8) is 0 Å². The van der Waals surface area contributed by atoms with Gasteiger partial charge in [-0.15, -0.1) is 0 Å². The molecular formula is C15H21N5O4. The van der Waals surface area contributed by atoms with Crippen molar-refractivity contribution < 1.29 is 18.7 Å². The molecule has 0 bridgehead atoms. The van der Waals surface area contributed by atoms with Crippen molar-refractivity contribution in [2.45, 2.75) is 32.4 Å². The first-order valence-electron chi connectivity index (χ1n) is 7.49. The lowest BCUT2D eigenvalue weighted by Crippen LogP contribution is -2.43. The van der Waals surface area contributed by atoms with E-state index >= 15 is 0 Å². The van der Waals surface area contributed by atoms with Gasteiger partial charge in [-0.05, 0) is 5.92 Å². The molecule has 2 aromatic rings. The predicted molar refractivity (Wildman–Crippen MR) is 83.8 cm³/mol. The summed E-state index contributed by atoms with van der Waals surface area (Å²) >= 11 is 0. The van der Waals surface area contributed by atoms with Gasteiger partial charge in [0.25, 0.3) is 5.91 Å². The van der Waals surface area contributed by atoms with Crippen LogP contribution in [0.2, 0.25) is 0 Å². The largest absolute Gasteiger partial charge is 0.467 e. The number of nitrogens with one attached hydrogen (secondary N) is 2. The van der Waals surface area contributed by atoms with Gasteiger partial charge in [0, 0.05) is 18.3 Å². The number of aromatic nitrogens is 3. The van der Waals surface area contributed by atoms with Gasteiger partial charge in [-0.3, -0.25) is 4.79 Å². The number of hydrogen-bond acceptors (Lipinski definition) is 7. The summed E-state index contributed by atoms with van der Waals surface area (Å²) in [5.74, 6) is -0.725. The Balaban J connectivity index is 2.08. The van der Waals surface area contributed by atoms with Crippen molar-refractivity contribution in [2.75, 3.05) is 7.11 Å². The van der Waals surface area contributed by atoms with Crippen LogP contribution in [0.3, 0.4) is 0 Å². The molecule has 2 atom stereocenters. The Morgan fingerprint density at radius 1 is 1.46 bits per heavy atom. The number of rotatable bonds is 7. The molecule has 9 heteroatoms. The summed E-state index contributed by atoms with van der Waals surface area (Å²) in [5.41, 5.74) is 6.68. The van der Waals surface area contributed by atoms with Gasteiger partial charge < -0.3 is 25.2 Å². The number of oxazole rings is 1. The van der Waals surface area contributed by atoms with E-state index in [0.29, 0.717) is 5.69 Å². The molecule has 1 amide bonds. The van der Waals surface area contributed by atoms with E-state index in [0.717, 1.165) is 0 Å². The Morgan fingerprint density at radius 3 is 2.79 bits per heavy atom. The van der Waals surface area contributed by atoms with Crippen LogP contribution >= 0.6 is 0 Å². The molecule has 0 aliphatic heterocycles. The second-order valence-electron chi connectivity index (χ2n) is 5.67. The lowest BCUT2D eigenvalue weighted by Gasteiger charge is -2.14. The summed E-state index contributed by atoms with van der Waals surface area (Å²) in [5, 5.41) is 2.58. The van der Waals surface area contributed by atoms with Crippen molar-refractivity contribution in [3.05, 3.63) is 36.1 Å². The van der Waals surface area contributed by atoms with Crippen molar-refractivity contribution in [3.8, 4) is 0 Å². The first-order chi connectivity index (χ1) is 11.4. The number of carbonyl (C=O) groups is 2. The molecule has 2 heterocycles. The number of nitrogens with two attached hydrogens (primary N) is 1. The van der Waals surface area contributed by atoms with Crippen LogP contribution in [-0.2, 0) is 16.0 Å². The summed E-state index contributed by atoms with van der Waals surface area (Å²) < 4.78 is 9.97. The minimum absolute atomic E-state index is 0.0552. The maximum absolute atomic E-state index is 12.3. The Morgan fingerprint density at radius 2 is 2.21 bits per heavy atom. The van der Waals surface area contributed by atoms with E-state index in [1.165, 1.54) is 19.7 Å². The van der Waals surface area contributed by atoms with Crippen molar-refractivity contribution in [2.24, 2.45) is 11.7 Å². The van der Waals surface area contributed by atoms with E-state index in [1.54, 1.807) is 6.20 Å². The van der Waals surface area contributed by atoms with Gasteiger partial charge in [0.05, 0.1) is 19.5 Å². The fourth-order valence-corrected chi connectivity index (χ4v) is 2.01. The number of hydrogen-bond donors (Lipinski definition) is 3. The molecule has 0 spiro atoms. The highest BCUT2D eigenvalue weighted by Gasteiger charge is 2.25. The topological polar surface area (TPSA) is 136 Å². The molecule has 24 heavy (non-hydrogen) atoms. The fraction of sp³-hybridized carbons (Fsp3) is 0.467. The maximum Gasteiger partial charge on any atom is 0.328 e. The number of imidazole rings is 1. The average molecular weight is 335 g/mol. The minimum Gasteiger partial charge on any atom is -0.467 e. The molecule has 0 saturated carbocycles. The van der Waals surface area contributed by atoms with E-state index in [4.69, 9.17) is 14.9 Å². The zero-order valence-corrected chi connectivity index (χ0v) is 13.8. The van der Waals surface area contributed by atoms with Gasteiger partial charge in [-0.25, -0.2) is 14.8 Å². The summed E-state index contributed by atoms with van der Waals surface area (Å²) in [7, 11) is 1.25. The van der Waals surface area contributed by atoms with Gasteiger partial charge in [0.1, 0.15) is 12.3 Å². The molecule has 130 valence electrons. The number of nitrogens with zero attached hydrogens (tertiary/aromatic N) is 2. The van der Waals surface area contributed by atoms with Crippen LogP contribution in [0.4, 0.5) is 0 Å². The number of amides is 1. The summed E-state index contributed by atoms with van der Waals surface area (Å²) in [6.45, 7) is 3.85. The molecule has 2 aromatic heterocycles. The molecule has 0 aliphatic carbocycles. The highest BCUT2D eigenvalue weighted by Crippen LogP contribution is 2.18. The molecule has 0 aromatic carbocycles. The van der Waals surface area contributed by atoms with Crippen molar-refractivity contribution >= 4 is 11.9 Å². The van der Waals surface area contributed by atoms with E-state index in [1.807, 2.05) is 13.8 Å². The number of H-pyrrole nitrogens is 1. The van der Waals surface area contributed by atoms with Crippen LogP contribution in [0.5, 0.6) is 0 Å². The minimum atomic E-state index is -0.873. The van der Waals surface area contributed by atoms with Crippen LogP contribution < -0.4 is 11.1 Å². The molecule has 0 fully saturated rings. The third kappa shape index (κ3) is 4.19. The van der Waals surface area contributed by atoms with Crippen LogP contribution in [0.15, 0.2) is 23.2 Å². The third-order valence-corrected chi connectivity index (χ3v) is 3.53. The van der Waals surface area contributed by atoms with E-state index < -0.39 is 24.0 Å². The van der Waals surface area contributed by atoms with Gasteiger partial charge in [0.15, 0.2) is 5.69 Å². The van der Waals surface area contributed by atoms with Crippen LogP contribution in [0.25, 0.3) is 0 Å². The van der Waals surface area contributed by atoms with Crippen molar-refractivity contribution in [1.82, 2.24) is 20.3 Å². The molecule has 0 aliphatic rings. The molecule has 2 rings (SSSR count). The lowest BCUT2D eigenvalue weighted by atomic mass is 10.1. The molecular weight excluding hydrogens is 314 g/mol. The second kappa shape index (κ2) is 7.73. The Hall–Kier alpha value is -2.68. The van der Waals surface area contributed by atoms with Crippen LogP contribution in [0, 0.1) is 5.92 Å². The van der Waals surface area contributed by atoms with E-state index in [-0.39, 0.29) is 23.9 Å². The molecule has 0 saturated heterocycles. The number of carbonyl (C=O) groups excluding carboxylic acids is 2. The third-order valence-electron chi connectivity index (χ3n) is 3.53. The fourth-order valence-electron chi connectivity index (χ4n) is 2.01. The molecule has 4 N–H and O–H groups in total. The van der Waals surface area contributed by atoms with Crippen LogP contribution in [0.1, 0.15) is 42.0 Å². The first-order valence-corrected chi connectivity index (χ1v) is 7.49. The quantitative estimate of drug-likeness (QED) is 0.629. The number of esters is 1. The van der Waals surface area contributed by atoms with Crippen LogP contribution in [-0.4, -0.2) is 40.0 Å². The van der Waals surface area contributed by atoms with Gasteiger partial charge in [-0.1, -0.05) is 13.8 Å². The maximum atomic E-state index is 12.3. The van der Waals surface area contributed by atoms with Gasteiger partial charge in [0.2, 0.25) is 5.89 Å². The average Bonchev–Trinajstić information content (AvgIpc) is 3.24. The zero-order valence-electron chi connectivity index (χ0n) is 13.8. The Bertz CT molecular complexity index is 680. The highest BCUT2D eigenvalue weighted by molar-refractivity contribution is 5.95. The van der Waals surface area contributed by atoms with Gasteiger partial charge >= 0.3 is 5.97 Å². The zero-order chi connectivity index (χ0) is 17.7. The predicted octanol–water partition coefficient (Wildman–Crippen LogP) is 0.568. The molecule has 0 radical (unpaired) electrons. The number of ether oxygens (including phenoxy) is 1. The van der Waals surface area contributed by atoms with E-state index in [9.17, 15) is 9.59 Å². The van der Waals surface area contributed by atoms with Crippen molar-refractivity contribution in [1.29, 1.82) is 0 Å². The lowest BCUT2D eigenvalue weighted by molar-refractivity contribution is -0.142. The number of aromatic amines is 1. The summed E-state index contributed by atoms with van der Waals surface area (Å²) in [4.78, 5) is 35.0. The highest BCUT2D eigenvalue weighted by atomic mass is 16.5. The molecule has 9 nitrogen and oxygen atoms in total. The standard InChI is InChI=1S/C15H21N5O4/c1-8(2)12(16)14-20-11(6-24-14)13(21)19-10(15(22)23-3)4-9-5-17-7-18-9/h5-8,10,12H,4,16H2,1-3H3,(H,17,18)(H,19,21). The second-order valence-corrected chi connectivity index (χ2v) is 5.67.